The van der Waals surface area contributed by atoms with Gasteiger partial charge >= 0.3 is 0 Å². The Balaban J connectivity index is 1.71. The Morgan fingerprint density at radius 2 is 1.72 bits per heavy atom. The third kappa shape index (κ3) is 2.75. The average molecular weight is 303 g/mol. The number of halogens is 1. The highest BCUT2D eigenvalue weighted by Crippen LogP contribution is 2.41. The Kier molecular flexibility index (Phi) is 3.37. The fraction of sp³-hybridized carbons (Fsp3) is 0.250. The van der Waals surface area contributed by atoms with Gasteiger partial charge in [0.1, 0.15) is 12.4 Å². The minimum atomic E-state index is 0.661. The molecule has 0 N–H and O–H groups in total. The predicted octanol–water partition coefficient (Wildman–Crippen LogP) is 4.91. The summed E-state index contributed by atoms with van der Waals surface area (Å²) in [6.45, 7) is 0.661. The second-order valence-electron chi connectivity index (χ2n) is 4.72. The molecule has 2 aromatic carbocycles. The first kappa shape index (κ1) is 11.8. The van der Waals surface area contributed by atoms with Crippen molar-refractivity contribution in [1.29, 1.82) is 0 Å². The van der Waals surface area contributed by atoms with Crippen molar-refractivity contribution in [3.8, 4) is 5.75 Å². The Bertz CT molecular complexity index is 529. The zero-order chi connectivity index (χ0) is 12.4. The highest BCUT2D eigenvalue weighted by atomic mass is 79.9. The van der Waals surface area contributed by atoms with Crippen molar-refractivity contribution in [3.63, 3.8) is 0 Å². The third-order valence-corrected chi connectivity index (χ3v) is 3.81. The van der Waals surface area contributed by atoms with Crippen LogP contribution in [0.5, 0.6) is 5.75 Å². The Labute approximate surface area is 116 Å². The van der Waals surface area contributed by atoms with E-state index in [1.54, 1.807) is 0 Å². The van der Waals surface area contributed by atoms with Crippen molar-refractivity contribution in [2.75, 3.05) is 0 Å². The van der Waals surface area contributed by atoms with Gasteiger partial charge in [-0.05, 0) is 54.2 Å². The van der Waals surface area contributed by atoms with Gasteiger partial charge in [0.2, 0.25) is 0 Å². The van der Waals surface area contributed by atoms with Gasteiger partial charge in [0.05, 0.1) is 0 Å². The molecule has 1 aliphatic rings. The van der Waals surface area contributed by atoms with E-state index >= 15 is 0 Å². The van der Waals surface area contributed by atoms with Crippen LogP contribution in [0.25, 0.3) is 0 Å². The summed E-state index contributed by atoms with van der Waals surface area (Å²) in [5, 5.41) is 0. The number of benzene rings is 2. The predicted molar refractivity (Wildman–Crippen MR) is 76.9 cm³/mol. The van der Waals surface area contributed by atoms with Gasteiger partial charge in [0.15, 0.2) is 0 Å². The molecule has 1 nitrogen and oxygen atoms in total. The quantitative estimate of drug-likeness (QED) is 0.780. The fourth-order valence-corrected chi connectivity index (χ4v) is 2.41. The lowest BCUT2D eigenvalue weighted by Crippen LogP contribution is -1.99. The van der Waals surface area contributed by atoms with Gasteiger partial charge in [-0.2, -0.15) is 0 Å². The Hall–Kier alpha value is -1.28. The van der Waals surface area contributed by atoms with Crippen molar-refractivity contribution < 1.29 is 4.74 Å². The molecule has 0 saturated heterocycles. The van der Waals surface area contributed by atoms with Gasteiger partial charge in [0.25, 0.3) is 0 Å². The highest BCUT2D eigenvalue weighted by Gasteiger charge is 2.25. The summed E-state index contributed by atoms with van der Waals surface area (Å²) in [4.78, 5) is 0. The molecule has 0 atom stereocenters. The Morgan fingerprint density at radius 3 is 2.44 bits per heavy atom. The molecule has 3 rings (SSSR count). The first-order chi connectivity index (χ1) is 8.83. The number of hydrogen-bond acceptors (Lipinski definition) is 1. The minimum Gasteiger partial charge on any atom is -0.489 e. The summed E-state index contributed by atoms with van der Waals surface area (Å²) in [6.07, 6.45) is 2.66. The van der Waals surface area contributed by atoms with Gasteiger partial charge < -0.3 is 4.74 Å². The van der Waals surface area contributed by atoms with Crippen LogP contribution in [-0.2, 0) is 6.61 Å². The van der Waals surface area contributed by atoms with Crippen molar-refractivity contribution in [2.24, 2.45) is 0 Å². The van der Waals surface area contributed by atoms with Crippen LogP contribution >= 0.6 is 15.9 Å². The van der Waals surface area contributed by atoms with Crippen LogP contribution in [-0.4, -0.2) is 0 Å². The van der Waals surface area contributed by atoms with E-state index < -0.39 is 0 Å². The molecular formula is C16H15BrO. The molecule has 1 fully saturated rings. The molecule has 0 spiro atoms. The lowest BCUT2D eigenvalue weighted by Gasteiger charge is -2.10. The minimum absolute atomic E-state index is 0.661. The van der Waals surface area contributed by atoms with Gasteiger partial charge in [-0.3, -0.25) is 0 Å². The number of rotatable bonds is 4. The van der Waals surface area contributed by atoms with E-state index in [1.165, 1.54) is 24.0 Å². The average Bonchev–Trinajstić information content (AvgIpc) is 3.23. The monoisotopic (exact) mass is 302 g/mol. The van der Waals surface area contributed by atoms with Crippen molar-refractivity contribution in [1.82, 2.24) is 0 Å². The molecule has 0 radical (unpaired) electrons. The van der Waals surface area contributed by atoms with Crippen LogP contribution < -0.4 is 4.74 Å². The largest absolute Gasteiger partial charge is 0.489 e. The third-order valence-electron chi connectivity index (χ3n) is 3.28. The summed E-state index contributed by atoms with van der Waals surface area (Å²) in [7, 11) is 0. The molecule has 18 heavy (non-hydrogen) atoms. The van der Waals surface area contributed by atoms with Crippen LogP contribution in [0.3, 0.4) is 0 Å². The molecule has 92 valence electrons. The maximum absolute atomic E-state index is 5.84. The molecule has 1 aliphatic carbocycles. The Morgan fingerprint density at radius 1 is 1.00 bits per heavy atom. The molecule has 2 aromatic rings. The lowest BCUT2D eigenvalue weighted by molar-refractivity contribution is 0.305. The van der Waals surface area contributed by atoms with Crippen LogP contribution in [0.4, 0.5) is 0 Å². The maximum atomic E-state index is 5.84. The van der Waals surface area contributed by atoms with E-state index in [1.807, 2.05) is 24.3 Å². The van der Waals surface area contributed by atoms with Crippen LogP contribution in [0.1, 0.15) is 29.9 Å². The van der Waals surface area contributed by atoms with E-state index in [0.717, 1.165) is 16.1 Å². The lowest BCUT2D eigenvalue weighted by atomic mass is 10.0. The second-order valence-corrected chi connectivity index (χ2v) is 5.63. The normalized spacial score (nSPS) is 14.5. The number of ether oxygens (including phenoxy) is 1. The zero-order valence-electron chi connectivity index (χ0n) is 10.1. The first-order valence-electron chi connectivity index (χ1n) is 6.29. The highest BCUT2D eigenvalue weighted by molar-refractivity contribution is 9.10. The first-order valence-corrected chi connectivity index (χ1v) is 7.08. The van der Waals surface area contributed by atoms with Crippen molar-refractivity contribution >= 4 is 15.9 Å². The van der Waals surface area contributed by atoms with E-state index in [0.29, 0.717) is 6.61 Å². The van der Waals surface area contributed by atoms with Crippen molar-refractivity contribution in [3.05, 3.63) is 64.1 Å². The van der Waals surface area contributed by atoms with Crippen molar-refractivity contribution in [2.45, 2.75) is 25.4 Å². The van der Waals surface area contributed by atoms with Gasteiger partial charge in [-0.15, -0.1) is 0 Å². The van der Waals surface area contributed by atoms with E-state index in [2.05, 4.69) is 40.2 Å². The molecule has 0 aliphatic heterocycles. The molecule has 0 heterocycles. The standard InChI is InChI=1S/C16H15BrO/c17-14-7-9-15(10-8-14)18-11-13-3-1-2-4-16(13)12-5-6-12/h1-4,7-10,12H,5-6,11H2. The van der Waals surface area contributed by atoms with E-state index in [-0.39, 0.29) is 0 Å². The van der Waals surface area contributed by atoms with Crippen LogP contribution in [0.15, 0.2) is 53.0 Å². The van der Waals surface area contributed by atoms with Gasteiger partial charge in [-0.1, -0.05) is 40.2 Å². The molecule has 2 heteroatoms. The molecule has 0 bridgehead atoms. The second kappa shape index (κ2) is 5.15. The smallest absolute Gasteiger partial charge is 0.119 e. The van der Waals surface area contributed by atoms with Gasteiger partial charge in [-0.25, -0.2) is 0 Å². The van der Waals surface area contributed by atoms with E-state index in [9.17, 15) is 0 Å². The SMILES string of the molecule is Brc1ccc(OCc2ccccc2C2CC2)cc1. The topological polar surface area (TPSA) is 9.23 Å². The van der Waals surface area contributed by atoms with E-state index in [4.69, 9.17) is 4.74 Å². The summed E-state index contributed by atoms with van der Waals surface area (Å²) >= 11 is 3.42. The zero-order valence-corrected chi connectivity index (χ0v) is 11.7. The summed E-state index contributed by atoms with van der Waals surface area (Å²) in [6, 6.07) is 16.6. The summed E-state index contributed by atoms with van der Waals surface area (Å²) in [5.41, 5.74) is 2.79. The molecule has 0 unspecified atom stereocenters. The maximum Gasteiger partial charge on any atom is 0.119 e. The molecule has 1 saturated carbocycles. The summed E-state index contributed by atoms with van der Waals surface area (Å²) < 4.78 is 6.92. The van der Waals surface area contributed by atoms with Crippen LogP contribution in [0, 0.1) is 0 Å². The fourth-order valence-electron chi connectivity index (χ4n) is 2.15. The molecular weight excluding hydrogens is 288 g/mol. The number of hydrogen-bond donors (Lipinski definition) is 0. The van der Waals surface area contributed by atoms with Crippen LogP contribution in [0.2, 0.25) is 0 Å². The molecule has 0 amide bonds. The van der Waals surface area contributed by atoms with Gasteiger partial charge in [0, 0.05) is 4.47 Å². The summed E-state index contributed by atoms with van der Waals surface area (Å²) in [5.74, 6) is 1.69. The molecule has 0 aromatic heterocycles.